The molecule has 206 valence electrons. The molecule has 0 atom stereocenters. The van der Waals surface area contributed by atoms with Crippen molar-refractivity contribution < 1.29 is 9.47 Å². The van der Waals surface area contributed by atoms with E-state index in [-0.39, 0.29) is 23.2 Å². The number of aromatic nitrogens is 4. The van der Waals surface area contributed by atoms with Crippen LogP contribution in [0, 0.1) is 0 Å². The summed E-state index contributed by atoms with van der Waals surface area (Å²) in [6.45, 7) is 1.29. The molecule has 1 fully saturated rings. The molecule has 4 aromatic heterocycles. The van der Waals surface area contributed by atoms with E-state index in [9.17, 15) is 4.79 Å². The van der Waals surface area contributed by atoms with E-state index in [1.54, 1.807) is 15.9 Å². The van der Waals surface area contributed by atoms with Crippen LogP contribution in [0.5, 0.6) is 5.75 Å². The van der Waals surface area contributed by atoms with Crippen LogP contribution in [0.25, 0.3) is 32.5 Å². The van der Waals surface area contributed by atoms with Crippen LogP contribution in [-0.4, -0.2) is 51.0 Å². The van der Waals surface area contributed by atoms with Crippen molar-refractivity contribution >= 4 is 43.2 Å². The molecule has 0 amide bonds. The van der Waals surface area contributed by atoms with Gasteiger partial charge in [-0.15, -0.1) is 11.3 Å². The van der Waals surface area contributed by atoms with Gasteiger partial charge in [-0.1, -0.05) is 0 Å². The van der Waals surface area contributed by atoms with E-state index in [1.807, 2.05) is 42.9 Å². The van der Waals surface area contributed by atoms with Crippen molar-refractivity contribution in [2.45, 2.75) is 38.3 Å². The summed E-state index contributed by atoms with van der Waals surface area (Å²) in [4.78, 5) is 28.0. The molecule has 0 saturated heterocycles. The molecule has 1 saturated carbocycles. The molecule has 1 aliphatic rings. The molecule has 0 N–H and O–H groups in total. The number of hydrogen-bond donors (Lipinski definition) is 0. The van der Waals surface area contributed by atoms with Crippen molar-refractivity contribution in [1.29, 1.82) is 0 Å². The summed E-state index contributed by atoms with van der Waals surface area (Å²) in [7, 11) is 0.266. The van der Waals surface area contributed by atoms with Gasteiger partial charge < -0.3 is 9.47 Å². The maximum Gasteiger partial charge on any atom is 0.263 e. The standard InChI is InChI=1S/C31H33N4O3S2/c1-40(2)15-13-37-20-35-30(27-16-23-9-14-39-28(23)19-33-27)34-29-25(22-5-6-22)17-24(18-26(29)31(35)36)38-12-3-4-21-7-10-32-11-8-21/h7-11,14,16-19,22H,3-6,12-13,15,20H2,1-2H3/q+1. The van der Waals surface area contributed by atoms with Gasteiger partial charge in [0, 0.05) is 18.6 Å². The monoisotopic (exact) mass is 573 g/mol. The molecular formula is C31H33N4O3S2+. The third kappa shape index (κ3) is 6.06. The summed E-state index contributed by atoms with van der Waals surface area (Å²) in [6.07, 6.45) is 13.9. The maximum absolute atomic E-state index is 14.1. The molecule has 0 bridgehead atoms. The normalized spacial score (nSPS) is 13.5. The molecule has 0 spiro atoms. The smallest absolute Gasteiger partial charge is 0.263 e. The molecule has 7 nitrogen and oxygen atoms in total. The van der Waals surface area contributed by atoms with Gasteiger partial charge in [0.2, 0.25) is 0 Å². The largest absolute Gasteiger partial charge is 0.494 e. The van der Waals surface area contributed by atoms with Gasteiger partial charge in [-0.25, -0.2) is 4.98 Å². The Balaban J connectivity index is 1.36. The maximum atomic E-state index is 14.1. The van der Waals surface area contributed by atoms with Crippen LogP contribution in [-0.2, 0) is 28.8 Å². The number of rotatable bonds is 12. The highest BCUT2D eigenvalue weighted by atomic mass is 32.2. The van der Waals surface area contributed by atoms with Crippen molar-refractivity contribution in [1.82, 2.24) is 19.5 Å². The summed E-state index contributed by atoms with van der Waals surface area (Å²) >= 11 is 1.65. The highest BCUT2D eigenvalue weighted by Crippen LogP contribution is 2.44. The third-order valence-corrected chi connectivity index (χ3v) is 8.98. The molecule has 0 unspecified atom stereocenters. The molecule has 6 rings (SSSR count). The van der Waals surface area contributed by atoms with Gasteiger partial charge in [-0.2, -0.15) is 0 Å². The first-order valence-corrected chi connectivity index (χ1v) is 16.7. The Morgan fingerprint density at radius 1 is 1.10 bits per heavy atom. The zero-order valence-electron chi connectivity index (χ0n) is 22.8. The molecule has 1 aromatic carbocycles. The Kier molecular flexibility index (Phi) is 8.13. The predicted octanol–water partition coefficient (Wildman–Crippen LogP) is 5.81. The van der Waals surface area contributed by atoms with E-state index in [4.69, 9.17) is 19.4 Å². The van der Waals surface area contributed by atoms with Crippen LogP contribution >= 0.6 is 11.3 Å². The molecule has 5 aromatic rings. The highest BCUT2D eigenvalue weighted by molar-refractivity contribution is 7.95. The molecule has 9 heteroatoms. The summed E-state index contributed by atoms with van der Waals surface area (Å²) < 4.78 is 14.9. The second kappa shape index (κ2) is 12.1. The number of benzene rings is 1. The van der Waals surface area contributed by atoms with Crippen molar-refractivity contribution in [2.75, 3.05) is 31.5 Å². The fourth-order valence-electron chi connectivity index (χ4n) is 4.82. The van der Waals surface area contributed by atoms with Gasteiger partial charge in [0.1, 0.15) is 23.9 Å². The van der Waals surface area contributed by atoms with Gasteiger partial charge in [0.15, 0.2) is 5.82 Å². The van der Waals surface area contributed by atoms with E-state index >= 15 is 0 Å². The summed E-state index contributed by atoms with van der Waals surface area (Å²) in [5, 5.41) is 3.72. The predicted molar refractivity (Wildman–Crippen MR) is 165 cm³/mol. The minimum absolute atomic E-state index is 0.122. The lowest BCUT2D eigenvalue weighted by atomic mass is 10.1. The number of thiophene rings is 1. The number of aryl methyl sites for hydroxylation is 1. The van der Waals surface area contributed by atoms with E-state index in [0.29, 0.717) is 36.0 Å². The highest BCUT2D eigenvalue weighted by Gasteiger charge is 2.29. The number of ether oxygens (including phenoxy) is 2. The summed E-state index contributed by atoms with van der Waals surface area (Å²) in [5.74, 6) is 2.62. The van der Waals surface area contributed by atoms with E-state index in [2.05, 4.69) is 35.0 Å². The lowest BCUT2D eigenvalue weighted by molar-refractivity contribution is 0.0881. The first kappa shape index (κ1) is 26.9. The van der Waals surface area contributed by atoms with Crippen molar-refractivity contribution in [3.05, 3.63) is 81.8 Å². The number of fused-ring (bicyclic) bond motifs is 2. The van der Waals surface area contributed by atoms with E-state index < -0.39 is 0 Å². The fourth-order valence-corrected chi connectivity index (χ4v) is 6.01. The quantitative estimate of drug-likeness (QED) is 0.138. The molecule has 0 radical (unpaired) electrons. The van der Waals surface area contributed by atoms with Crippen molar-refractivity contribution in [3.63, 3.8) is 0 Å². The molecular weight excluding hydrogens is 541 g/mol. The third-order valence-electron chi connectivity index (χ3n) is 7.13. The first-order valence-electron chi connectivity index (χ1n) is 13.6. The first-order chi connectivity index (χ1) is 19.6. The van der Waals surface area contributed by atoms with Crippen LogP contribution < -0.4 is 10.3 Å². The van der Waals surface area contributed by atoms with Crippen LogP contribution in [0.4, 0.5) is 0 Å². The topological polar surface area (TPSA) is 79.1 Å². The van der Waals surface area contributed by atoms with Gasteiger partial charge in [-0.3, -0.25) is 19.3 Å². The zero-order valence-corrected chi connectivity index (χ0v) is 24.5. The van der Waals surface area contributed by atoms with Gasteiger partial charge in [0.05, 0.1) is 41.3 Å². The minimum atomic E-state index is -0.122. The van der Waals surface area contributed by atoms with Crippen molar-refractivity contribution in [3.8, 4) is 17.3 Å². The Bertz CT molecular complexity index is 1680. The van der Waals surface area contributed by atoms with Gasteiger partial charge >= 0.3 is 0 Å². The molecule has 40 heavy (non-hydrogen) atoms. The number of hydrogen-bond acceptors (Lipinski definition) is 7. The average Bonchev–Trinajstić information content (AvgIpc) is 3.71. The minimum Gasteiger partial charge on any atom is -0.494 e. The summed E-state index contributed by atoms with van der Waals surface area (Å²) in [6, 6.07) is 12.1. The van der Waals surface area contributed by atoms with Gasteiger partial charge in [-0.05, 0) is 101 Å². The Labute approximate surface area is 240 Å². The van der Waals surface area contributed by atoms with Crippen LogP contribution in [0.3, 0.4) is 0 Å². The number of nitrogens with zero attached hydrogens (tertiary/aromatic N) is 4. The summed E-state index contributed by atoms with van der Waals surface area (Å²) in [5.41, 5.74) is 3.63. The van der Waals surface area contributed by atoms with Gasteiger partial charge in [0.25, 0.3) is 5.56 Å². The Morgan fingerprint density at radius 3 is 2.75 bits per heavy atom. The number of pyridine rings is 2. The SMILES string of the molecule is C[S+](C)CCOCn1c(-c2cc3ccsc3cn2)nc2c(C3CC3)cc(OCCCc3ccncc3)cc2c1=O. The molecule has 0 aliphatic heterocycles. The van der Waals surface area contributed by atoms with Crippen molar-refractivity contribution in [2.24, 2.45) is 0 Å². The lowest BCUT2D eigenvalue weighted by Gasteiger charge is -2.16. The van der Waals surface area contributed by atoms with Crippen LogP contribution in [0.15, 0.2) is 65.2 Å². The molecule has 1 aliphatic carbocycles. The Morgan fingerprint density at radius 2 is 1.95 bits per heavy atom. The second-order valence-electron chi connectivity index (χ2n) is 10.4. The lowest BCUT2D eigenvalue weighted by Crippen LogP contribution is -2.26. The second-order valence-corrected chi connectivity index (χ2v) is 13.7. The van der Waals surface area contributed by atoms with Crippen LogP contribution in [0.1, 0.15) is 36.3 Å². The zero-order chi connectivity index (χ0) is 27.5. The van der Waals surface area contributed by atoms with E-state index in [0.717, 1.165) is 58.4 Å². The average molecular weight is 574 g/mol. The Hall–Kier alpha value is -3.27. The molecule has 4 heterocycles. The van der Waals surface area contributed by atoms with E-state index in [1.165, 1.54) is 5.56 Å². The fraction of sp³-hybridized carbons (Fsp3) is 0.355. The van der Waals surface area contributed by atoms with Crippen LogP contribution in [0.2, 0.25) is 0 Å².